The second-order valence-electron chi connectivity index (χ2n) is 3.07. The fourth-order valence-electron chi connectivity index (χ4n) is 1.28. The lowest BCUT2D eigenvalue weighted by atomic mass is 10.4. The van der Waals surface area contributed by atoms with Crippen LogP contribution in [0.5, 0.6) is 0 Å². The van der Waals surface area contributed by atoms with Crippen molar-refractivity contribution in [3.8, 4) is 0 Å². The molecule has 0 saturated carbocycles. The molecule has 0 radical (unpaired) electrons. The third kappa shape index (κ3) is 3.08. The van der Waals surface area contributed by atoms with Gasteiger partial charge in [-0.25, -0.2) is 4.79 Å². The first-order chi connectivity index (χ1) is 6.74. The minimum Gasteiger partial charge on any atom is -0.353 e. The summed E-state index contributed by atoms with van der Waals surface area (Å²) in [6.07, 6.45) is 2.01. The molecule has 1 rings (SSSR count). The number of nitrogens with one attached hydrogen (secondary N) is 2. The second-order valence-corrected chi connectivity index (χ2v) is 3.07. The van der Waals surface area contributed by atoms with Crippen LogP contribution in [0.1, 0.15) is 6.42 Å². The minimum absolute atomic E-state index is 0.0138. The van der Waals surface area contributed by atoms with E-state index in [2.05, 4.69) is 17.2 Å². The van der Waals surface area contributed by atoms with Gasteiger partial charge in [-0.15, -0.1) is 0 Å². The van der Waals surface area contributed by atoms with Crippen LogP contribution >= 0.6 is 0 Å². The molecule has 0 bridgehead atoms. The summed E-state index contributed by atoms with van der Waals surface area (Å²) in [5.74, 6) is -0.170. The highest BCUT2D eigenvalue weighted by molar-refractivity contribution is 5.86. The van der Waals surface area contributed by atoms with Crippen LogP contribution in [-0.4, -0.2) is 43.0 Å². The van der Waals surface area contributed by atoms with Crippen LogP contribution in [0.25, 0.3) is 0 Å². The van der Waals surface area contributed by atoms with Crippen LogP contribution in [0.4, 0.5) is 4.79 Å². The molecule has 1 aliphatic heterocycles. The summed E-state index contributed by atoms with van der Waals surface area (Å²) >= 11 is 0. The number of carbonyl (C=O) groups excluding carboxylic acids is 2. The number of urea groups is 1. The molecule has 5 heteroatoms. The average Bonchev–Trinajstić information content (AvgIpc) is 2.58. The maximum Gasteiger partial charge on any atom is 0.317 e. The molecule has 0 atom stereocenters. The number of nitrogens with zero attached hydrogens (tertiary/aromatic N) is 1. The van der Waals surface area contributed by atoms with E-state index < -0.39 is 0 Å². The lowest BCUT2D eigenvalue weighted by Crippen LogP contribution is -2.31. The highest BCUT2D eigenvalue weighted by atomic mass is 16.2. The first-order valence-corrected chi connectivity index (χ1v) is 4.67. The van der Waals surface area contributed by atoms with Crippen molar-refractivity contribution in [1.29, 1.82) is 0 Å². The topological polar surface area (TPSA) is 61.4 Å². The van der Waals surface area contributed by atoms with E-state index in [1.807, 2.05) is 0 Å². The zero-order chi connectivity index (χ0) is 10.4. The van der Waals surface area contributed by atoms with Crippen molar-refractivity contribution in [3.63, 3.8) is 0 Å². The van der Waals surface area contributed by atoms with E-state index in [9.17, 15) is 9.59 Å². The quantitative estimate of drug-likeness (QED) is 0.469. The lowest BCUT2D eigenvalue weighted by Gasteiger charge is -2.13. The largest absolute Gasteiger partial charge is 0.353 e. The second kappa shape index (κ2) is 5.26. The number of hydrogen-bond acceptors (Lipinski definition) is 2. The van der Waals surface area contributed by atoms with Crippen molar-refractivity contribution in [2.75, 3.05) is 26.2 Å². The predicted octanol–water partition coefficient (Wildman–Crippen LogP) is -0.296. The SMILES string of the molecule is C=CC(=O)NCCCN1CCNC1=O. The fraction of sp³-hybridized carbons (Fsp3) is 0.556. The third-order valence-electron chi connectivity index (χ3n) is 2.03. The van der Waals surface area contributed by atoms with E-state index in [4.69, 9.17) is 0 Å². The van der Waals surface area contributed by atoms with Crippen molar-refractivity contribution in [2.24, 2.45) is 0 Å². The Hall–Kier alpha value is -1.52. The van der Waals surface area contributed by atoms with Gasteiger partial charge in [-0.2, -0.15) is 0 Å². The van der Waals surface area contributed by atoms with Gasteiger partial charge in [0, 0.05) is 26.2 Å². The van der Waals surface area contributed by atoms with Crippen LogP contribution in [0.3, 0.4) is 0 Å². The van der Waals surface area contributed by atoms with Crippen LogP contribution in [0.2, 0.25) is 0 Å². The van der Waals surface area contributed by atoms with Crippen molar-refractivity contribution >= 4 is 11.9 Å². The maximum atomic E-state index is 11.1. The standard InChI is InChI=1S/C9H15N3O2/c1-2-8(13)10-4-3-6-12-7-5-11-9(12)14/h2H,1,3-7H2,(H,10,13)(H,11,14). The number of carbonyl (C=O) groups is 2. The summed E-state index contributed by atoms with van der Waals surface area (Å²) < 4.78 is 0. The van der Waals surface area contributed by atoms with Crippen molar-refractivity contribution in [1.82, 2.24) is 15.5 Å². The Bertz CT molecular complexity index is 240. The molecular formula is C9H15N3O2. The van der Waals surface area contributed by atoms with Gasteiger partial charge < -0.3 is 15.5 Å². The minimum atomic E-state index is -0.170. The van der Waals surface area contributed by atoms with Crippen LogP contribution in [-0.2, 0) is 4.79 Å². The van der Waals surface area contributed by atoms with Gasteiger partial charge in [0.1, 0.15) is 0 Å². The summed E-state index contributed by atoms with van der Waals surface area (Å²) in [6, 6.07) is -0.0138. The highest BCUT2D eigenvalue weighted by Gasteiger charge is 2.17. The molecule has 1 aliphatic rings. The zero-order valence-electron chi connectivity index (χ0n) is 8.08. The lowest BCUT2D eigenvalue weighted by molar-refractivity contribution is -0.116. The molecule has 2 N–H and O–H groups in total. The van der Waals surface area contributed by atoms with Gasteiger partial charge in [-0.1, -0.05) is 6.58 Å². The van der Waals surface area contributed by atoms with Crippen molar-refractivity contribution < 1.29 is 9.59 Å². The third-order valence-corrected chi connectivity index (χ3v) is 2.03. The molecule has 5 nitrogen and oxygen atoms in total. The Morgan fingerprint density at radius 1 is 1.71 bits per heavy atom. The smallest absolute Gasteiger partial charge is 0.317 e. The van der Waals surface area contributed by atoms with Gasteiger partial charge in [0.05, 0.1) is 0 Å². The molecule has 78 valence electrons. The van der Waals surface area contributed by atoms with Gasteiger partial charge in [0.25, 0.3) is 0 Å². The molecule has 0 aromatic heterocycles. The normalized spacial score (nSPS) is 15.1. The molecule has 3 amide bonds. The van der Waals surface area contributed by atoms with Crippen molar-refractivity contribution in [3.05, 3.63) is 12.7 Å². The molecule has 0 spiro atoms. The average molecular weight is 197 g/mol. The Morgan fingerprint density at radius 3 is 3.07 bits per heavy atom. The zero-order valence-corrected chi connectivity index (χ0v) is 8.08. The molecule has 0 aromatic carbocycles. The molecule has 0 unspecified atom stereocenters. The van der Waals surface area contributed by atoms with Gasteiger partial charge in [0.15, 0.2) is 0 Å². The predicted molar refractivity (Wildman–Crippen MR) is 52.8 cm³/mol. The number of amides is 3. The maximum absolute atomic E-state index is 11.1. The van der Waals surface area contributed by atoms with E-state index >= 15 is 0 Å². The van der Waals surface area contributed by atoms with E-state index in [1.54, 1.807) is 4.90 Å². The van der Waals surface area contributed by atoms with Gasteiger partial charge >= 0.3 is 6.03 Å². The molecule has 1 saturated heterocycles. The van der Waals surface area contributed by atoms with E-state index in [1.165, 1.54) is 6.08 Å². The Morgan fingerprint density at radius 2 is 2.50 bits per heavy atom. The molecular weight excluding hydrogens is 182 g/mol. The summed E-state index contributed by atoms with van der Waals surface area (Å²) in [5.41, 5.74) is 0. The van der Waals surface area contributed by atoms with E-state index in [0.29, 0.717) is 13.1 Å². The fourth-order valence-corrected chi connectivity index (χ4v) is 1.28. The Kier molecular flexibility index (Phi) is 3.97. The first kappa shape index (κ1) is 10.6. The van der Waals surface area contributed by atoms with Crippen LogP contribution in [0, 0.1) is 0 Å². The Balaban J connectivity index is 2.06. The molecule has 14 heavy (non-hydrogen) atoms. The van der Waals surface area contributed by atoms with Gasteiger partial charge in [0.2, 0.25) is 5.91 Å². The van der Waals surface area contributed by atoms with Crippen LogP contribution in [0.15, 0.2) is 12.7 Å². The van der Waals surface area contributed by atoms with Crippen molar-refractivity contribution in [2.45, 2.75) is 6.42 Å². The Labute approximate surface area is 83.1 Å². The highest BCUT2D eigenvalue weighted by Crippen LogP contribution is 1.96. The van der Waals surface area contributed by atoms with Gasteiger partial charge in [-0.3, -0.25) is 4.79 Å². The summed E-state index contributed by atoms with van der Waals surface area (Å²) in [6.45, 7) is 6.08. The molecule has 1 fully saturated rings. The van der Waals surface area contributed by atoms with E-state index in [-0.39, 0.29) is 11.9 Å². The summed E-state index contributed by atoms with van der Waals surface area (Å²) in [7, 11) is 0. The molecule has 1 heterocycles. The summed E-state index contributed by atoms with van der Waals surface area (Å²) in [4.78, 5) is 23.6. The first-order valence-electron chi connectivity index (χ1n) is 4.67. The van der Waals surface area contributed by atoms with Gasteiger partial charge in [-0.05, 0) is 12.5 Å². The number of rotatable bonds is 5. The van der Waals surface area contributed by atoms with E-state index in [0.717, 1.165) is 19.5 Å². The molecule has 0 aromatic rings. The molecule has 0 aliphatic carbocycles. The summed E-state index contributed by atoms with van der Waals surface area (Å²) in [5, 5.41) is 5.37. The monoisotopic (exact) mass is 197 g/mol. The number of hydrogen-bond donors (Lipinski definition) is 2. The van der Waals surface area contributed by atoms with Crippen LogP contribution < -0.4 is 10.6 Å².